The first kappa shape index (κ1) is 17.5. The molecule has 0 bridgehead atoms. The summed E-state index contributed by atoms with van der Waals surface area (Å²) in [6.07, 6.45) is 0.894. The molecule has 0 aliphatic heterocycles. The molecule has 25 heavy (non-hydrogen) atoms. The van der Waals surface area contributed by atoms with E-state index in [4.69, 9.17) is 4.74 Å². The molecule has 2 aromatic rings. The van der Waals surface area contributed by atoms with Gasteiger partial charge < -0.3 is 15.0 Å². The van der Waals surface area contributed by atoms with E-state index in [9.17, 15) is 4.79 Å². The number of nitrogens with zero attached hydrogens (tertiary/aromatic N) is 1. The fraction of sp³-hybridized carbons (Fsp3) is 0.381. The zero-order chi connectivity index (χ0) is 17.8. The van der Waals surface area contributed by atoms with Crippen LogP contribution < -0.4 is 10.1 Å². The summed E-state index contributed by atoms with van der Waals surface area (Å²) in [7, 11) is 5.78. The van der Waals surface area contributed by atoms with Crippen LogP contribution in [0.1, 0.15) is 29.0 Å². The Morgan fingerprint density at radius 1 is 1.12 bits per heavy atom. The number of hydrogen-bond acceptors (Lipinski definition) is 3. The topological polar surface area (TPSA) is 41.6 Å². The first-order chi connectivity index (χ1) is 12.1. The van der Waals surface area contributed by atoms with Gasteiger partial charge in [-0.1, -0.05) is 42.5 Å². The van der Waals surface area contributed by atoms with Gasteiger partial charge in [-0.15, -0.1) is 0 Å². The summed E-state index contributed by atoms with van der Waals surface area (Å²) in [5, 5.41) is 3.11. The van der Waals surface area contributed by atoms with Crippen molar-refractivity contribution in [1.82, 2.24) is 10.2 Å². The minimum atomic E-state index is 0.0531. The molecule has 2 aromatic carbocycles. The van der Waals surface area contributed by atoms with Crippen LogP contribution in [-0.2, 0) is 17.9 Å². The second kappa shape index (κ2) is 7.70. The van der Waals surface area contributed by atoms with Crippen LogP contribution in [-0.4, -0.2) is 32.0 Å². The maximum absolute atomic E-state index is 12.5. The lowest BCUT2D eigenvalue weighted by Crippen LogP contribution is -2.26. The smallest absolute Gasteiger partial charge is 0.224 e. The van der Waals surface area contributed by atoms with Gasteiger partial charge in [0.1, 0.15) is 5.75 Å². The van der Waals surface area contributed by atoms with Gasteiger partial charge >= 0.3 is 0 Å². The second-order valence-corrected chi connectivity index (χ2v) is 6.91. The van der Waals surface area contributed by atoms with E-state index in [0.717, 1.165) is 24.3 Å². The third-order valence-electron chi connectivity index (χ3n) is 4.72. The van der Waals surface area contributed by atoms with Crippen LogP contribution in [0.3, 0.4) is 0 Å². The first-order valence-corrected chi connectivity index (χ1v) is 8.72. The van der Waals surface area contributed by atoms with Crippen molar-refractivity contribution in [3.05, 3.63) is 65.2 Å². The highest BCUT2D eigenvalue weighted by Crippen LogP contribution is 2.50. The highest BCUT2D eigenvalue weighted by atomic mass is 16.5. The number of benzene rings is 2. The molecule has 1 aliphatic carbocycles. The zero-order valence-corrected chi connectivity index (χ0v) is 15.2. The Hall–Kier alpha value is -2.33. The van der Waals surface area contributed by atoms with Crippen LogP contribution in [0, 0.1) is 5.92 Å². The molecule has 1 saturated carbocycles. The summed E-state index contributed by atoms with van der Waals surface area (Å²) >= 11 is 0. The van der Waals surface area contributed by atoms with Gasteiger partial charge in [0, 0.05) is 19.0 Å². The maximum atomic E-state index is 12.5. The Balaban J connectivity index is 1.60. The molecule has 1 amide bonds. The summed E-state index contributed by atoms with van der Waals surface area (Å²) < 4.78 is 5.42. The lowest BCUT2D eigenvalue weighted by molar-refractivity contribution is -0.122. The third-order valence-corrected chi connectivity index (χ3v) is 4.72. The van der Waals surface area contributed by atoms with Crippen molar-refractivity contribution < 1.29 is 9.53 Å². The number of ether oxygens (including phenoxy) is 1. The van der Waals surface area contributed by atoms with Gasteiger partial charge in [0.25, 0.3) is 0 Å². The van der Waals surface area contributed by atoms with E-state index in [2.05, 4.69) is 42.5 Å². The molecule has 0 aromatic heterocycles. The molecule has 1 fully saturated rings. The van der Waals surface area contributed by atoms with Gasteiger partial charge in [0.05, 0.1) is 7.11 Å². The van der Waals surface area contributed by atoms with Gasteiger partial charge in [-0.25, -0.2) is 0 Å². The van der Waals surface area contributed by atoms with Gasteiger partial charge in [0.15, 0.2) is 0 Å². The molecule has 4 nitrogen and oxygen atoms in total. The van der Waals surface area contributed by atoms with Crippen molar-refractivity contribution in [2.24, 2.45) is 5.92 Å². The molecular weight excluding hydrogens is 312 g/mol. The molecule has 0 saturated heterocycles. The predicted octanol–water partition coefficient (Wildman–Crippen LogP) is 3.18. The Morgan fingerprint density at radius 2 is 1.80 bits per heavy atom. The third kappa shape index (κ3) is 4.20. The van der Waals surface area contributed by atoms with Crippen LogP contribution in [0.25, 0.3) is 0 Å². The molecular formula is C21H26N2O2. The minimum absolute atomic E-state index is 0.0531. The predicted molar refractivity (Wildman–Crippen MR) is 99.5 cm³/mol. The molecule has 2 atom stereocenters. The number of hydrogen-bond donors (Lipinski definition) is 1. The lowest BCUT2D eigenvalue weighted by atomic mass is 10.1. The molecule has 3 rings (SSSR count). The minimum Gasteiger partial charge on any atom is -0.496 e. The highest BCUT2D eigenvalue weighted by molar-refractivity contribution is 5.83. The standard InChI is InChI=1S/C21H26N2O2/c1-23(2)14-16-9-5-4-8-15(16)13-22-21(24)19-12-18(19)17-10-6-7-11-20(17)25-3/h4-11,18-19H,12-14H2,1-3H3,(H,22,24)/t18-,19-/m1/s1. The molecule has 4 heteroatoms. The van der Waals surface area contributed by atoms with Crippen LogP contribution in [0.5, 0.6) is 5.75 Å². The normalized spacial score (nSPS) is 18.9. The van der Waals surface area contributed by atoms with Crippen molar-refractivity contribution in [3.63, 3.8) is 0 Å². The Labute approximate surface area is 149 Å². The van der Waals surface area contributed by atoms with E-state index in [-0.39, 0.29) is 17.7 Å². The molecule has 0 heterocycles. The molecule has 0 radical (unpaired) electrons. The number of para-hydroxylation sites is 1. The van der Waals surface area contributed by atoms with Gasteiger partial charge in [-0.2, -0.15) is 0 Å². The summed E-state index contributed by atoms with van der Waals surface area (Å²) in [5.74, 6) is 1.33. The van der Waals surface area contributed by atoms with Gasteiger partial charge in [-0.3, -0.25) is 4.79 Å². The Bertz CT molecular complexity index is 742. The number of nitrogens with one attached hydrogen (secondary N) is 1. The summed E-state index contributed by atoms with van der Waals surface area (Å²) in [5.41, 5.74) is 3.57. The van der Waals surface area contributed by atoms with E-state index in [1.807, 2.05) is 30.3 Å². The fourth-order valence-corrected chi connectivity index (χ4v) is 3.34. The maximum Gasteiger partial charge on any atom is 0.224 e. The first-order valence-electron chi connectivity index (χ1n) is 8.72. The van der Waals surface area contributed by atoms with E-state index in [0.29, 0.717) is 6.54 Å². The number of carbonyl (C=O) groups excluding carboxylic acids is 1. The highest BCUT2D eigenvalue weighted by Gasteiger charge is 2.45. The fourth-order valence-electron chi connectivity index (χ4n) is 3.34. The average molecular weight is 338 g/mol. The average Bonchev–Trinajstić information content (AvgIpc) is 3.41. The summed E-state index contributed by atoms with van der Waals surface area (Å²) in [6, 6.07) is 16.3. The van der Waals surface area contributed by atoms with Gasteiger partial charge in [-0.05, 0) is 49.2 Å². The van der Waals surface area contributed by atoms with Crippen molar-refractivity contribution in [2.45, 2.75) is 25.4 Å². The van der Waals surface area contributed by atoms with Crippen molar-refractivity contribution in [2.75, 3.05) is 21.2 Å². The van der Waals surface area contributed by atoms with E-state index < -0.39 is 0 Å². The van der Waals surface area contributed by atoms with E-state index in [1.165, 1.54) is 11.1 Å². The number of amides is 1. The monoisotopic (exact) mass is 338 g/mol. The number of methoxy groups -OCH3 is 1. The Morgan fingerprint density at radius 3 is 2.52 bits per heavy atom. The van der Waals surface area contributed by atoms with Crippen LogP contribution in [0.15, 0.2) is 48.5 Å². The molecule has 132 valence electrons. The van der Waals surface area contributed by atoms with Crippen molar-refractivity contribution in [1.29, 1.82) is 0 Å². The zero-order valence-electron chi connectivity index (χ0n) is 15.2. The quantitative estimate of drug-likeness (QED) is 0.843. The van der Waals surface area contributed by atoms with Crippen LogP contribution >= 0.6 is 0 Å². The van der Waals surface area contributed by atoms with Crippen molar-refractivity contribution >= 4 is 5.91 Å². The Kier molecular flexibility index (Phi) is 5.39. The van der Waals surface area contributed by atoms with Crippen molar-refractivity contribution in [3.8, 4) is 5.75 Å². The number of rotatable bonds is 7. The largest absolute Gasteiger partial charge is 0.496 e. The molecule has 0 spiro atoms. The SMILES string of the molecule is COc1ccccc1[C@H]1C[C@H]1C(=O)NCc1ccccc1CN(C)C. The molecule has 1 N–H and O–H groups in total. The molecule has 0 unspecified atom stereocenters. The summed E-state index contributed by atoms with van der Waals surface area (Å²) in [6.45, 7) is 1.46. The van der Waals surface area contributed by atoms with Crippen LogP contribution in [0.4, 0.5) is 0 Å². The summed E-state index contributed by atoms with van der Waals surface area (Å²) in [4.78, 5) is 14.7. The van der Waals surface area contributed by atoms with E-state index >= 15 is 0 Å². The number of carbonyl (C=O) groups is 1. The second-order valence-electron chi connectivity index (χ2n) is 6.91. The van der Waals surface area contributed by atoms with E-state index in [1.54, 1.807) is 7.11 Å². The molecule has 1 aliphatic rings. The van der Waals surface area contributed by atoms with Gasteiger partial charge in [0.2, 0.25) is 5.91 Å². The van der Waals surface area contributed by atoms with Crippen LogP contribution in [0.2, 0.25) is 0 Å². The lowest BCUT2D eigenvalue weighted by Gasteiger charge is -2.14.